The van der Waals surface area contributed by atoms with Crippen LogP contribution in [0.2, 0.25) is 5.02 Å². The molecule has 0 aromatic heterocycles. The van der Waals surface area contributed by atoms with E-state index in [0.717, 1.165) is 18.2 Å². The van der Waals surface area contributed by atoms with Crippen LogP contribution in [0.4, 0.5) is 30.7 Å². The fourth-order valence-electron chi connectivity index (χ4n) is 3.95. The van der Waals surface area contributed by atoms with Crippen molar-refractivity contribution in [1.29, 1.82) is 0 Å². The number of carboxylic acid groups (broad SMARTS) is 1. The molecule has 0 bridgehead atoms. The van der Waals surface area contributed by atoms with E-state index in [0.29, 0.717) is 6.08 Å². The number of alkyl halides is 8. The molecule has 206 valence electrons. The van der Waals surface area contributed by atoms with Gasteiger partial charge in [0.1, 0.15) is 17.7 Å². The standard InChI is InChI=1S/C26H21ClF7IO3/c1-12(2)5-18(24(36)37)15-6-14(13-3-4-21(27)19(9-13)25(29,30)31)7-16(8-15)38-17-10-20(26(32,33)34)23(35)22(28)11-17/h3-4,6-12,18,22-23H,5H2,1-2H3,(H,36,37). The molecule has 0 saturated carbocycles. The van der Waals surface area contributed by atoms with Crippen molar-refractivity contribution in [3.05, 3.63) is 76.0 Å². The highest BCUT2D eigenvalue weighted by Crippen LogP contribution is 2.41. The number of carbonyl (C=O) groups is 1. The molecule has 2 aromatic rings. The quantitative estimate of drug-likeness (QED) is 0.181. The number of hydrogen-bond donors (Lipinski definition) is 1. The molecule has 3 nitrogen and oxygen atoms in total. The van der Waals surface area contributed by atoms with E-state index in [9.17, 15) is 40.6 Å². The summed E-state index contributed by atoms with van der Waals surface area (Å²) in [6.45, 7) is 3.56. The Morgan fingerprint density at radius 3 is 2.26 bits per heavy atom. The molecule has 0 heterocycles. The molecule has 1 aliphatic carbocycles. The van der Waals surface area contributed by atoms with Gasteiger partial charge in [0.05, 0.1) is 26.0 Å². The number of benzene rings is 2. The number of allylic oxidation sites excluding steroid dienone is 3. The maximum absolute atomic E-state index is 14.4. The van der Waals surface area contributed by atoms with Crippen LogP contribution in [0.15, 0.2) is 59.9 Å². The number of ether oxygens (including phenoxy) is 1. The predicted molar refractivity (Wildman–Crippen MR) is 137 cm³/mol. The first kappa shape index (κ1) is 30.3. The molecule has 12 heteroatoms. The Morgan fingerprint density at radius 2 is 1.71 bits per heavy atom. The van der Waals surface area contributed by atoms with Crippen molar-refractivity contribution in [1.82, 2.24) is 0 Å². The minimum absolute atomic E-state index is 0.0157. The number of halogens is 9. The summed E-state index contributed by atoms with van der Waals surface area (Å²) in [7, 11) is 0. The molecule has 0 amide bonds. The second-order valence-electron chi connectivity index (χ2n) is 9.12. The molecule has 3 atom stereocenters. The molecule has 38 heavy (non-hydrogen) atoms. The third kappa shape index (κ3) is 7.22. The minimum atomic E-state index is -4.82. The van der Waals surface area contributed by atoms with Crippen LogP contribution in [0, 0.1) is 5.92 Å². The summed E-state index contributed by atoms with van der Waals surface area (Å²) in [4.78, 5) is 12.0. The van der Waals surface area contributed by atoms with Gasteiger partial charge in [0.15, 0.2) is 0 Å². The van der Waals surface area contributed by atoms with Crippen molar-refractivity contribution in [2.75, 3.05) is 0 Å². The van der Waals surface area contributed by atoms with Crippen molar-refractivity contribution in [2.24, 2.45) is 5.92 Å². The summed E-state index contributed by atoms with van der Waals surface area (Å²) in [5, 5.41) is 9.28. The van der Waals surface area contributed by atoms with E-state index in [1.54, 1.807) is 13.8 Å². The van der Waals surface area contributed by atoms with Crippen molar-refractivity contribution >= 4 is 40.2 Å². The zero-order valence-corrected chi connectivity index (χ0v) is 22.7. The molecule has 1 N–H and O–H groups in total. The average molecular weight is 677 g/mol. The van der Waals surface area contributed by atoms with Gasteiger partial charge in [0.2, 0.25) is 0 Å². The monoisotopic (exact) mass is 676 g/mol. The van der Waals surface area contributed by atoms with E-state index in [4.69, 9.17) is 16.3 Å². The summed E-state index contributed by atoms with van der Waals surface area (Å²) in [5.74, 6) is -3.02. The molecule has 0 saturated heterocycles. The average Bonchev–Trinajstić information content (AvgIpc) is 2.78. The summed E-state index contributed by atoms with van der Waals surface area (Å²) in [6.07, 6.45) is -9.96. The fourth-order valence-corrected chi connectivity index (χ4v) is 4.92. The molecule has 0 fully saturated rings. The van der Waals surface area contributed by atoms with E-state index < -0.39 is 56.3 Å². The Bertz CT molecular complexity index is 1270. The lowest BCUT2D eigenvalue weighted by atomic mass is 9.88. The van der Waals surface area contributed by atoms with Crippen LogP contribution in [-0.2, 0) is 11.0 Å². The predicted octanol–water partition coefficient (Wildman–Crippen LogP) is 9.15. The van der Waals surface area contributed by atoms with Crippen LogP contribution >= 0.6 is 34.2 Å². The van der Waals surface area contributed by atoms with Gasteiger partial charge in [0, 0.05) is 0 Å². The van der Waals surface area contributed by atoms with Crippen LogP contribution in [0.3, 0.4) is 0 Å². The molecule has 3 rings (SSSR count). The molecular formula is C26H21ClF7IO3. The van der Waals surface area contributed by atoms with Gasteiger partial charge in [-0.15, -0.1) is 0 Å². The molecule has 3 unspecified atom stereocenters. The Labute approximate surface area is 232 Å². The SMILES string of the molecule is CC(C)CC(C(=O)O)c1cc(OC2=CC(F)C(I)C(C(F)(F)F)=C2)cc(-c2ccc(Cl)c(C(F)(F)F)c2)c1. The van der Waals surface area contributed by atoms with Gasteiger partial charge in [-0.05, 0) is 65.4 Å². The maximum Gasteiger partial charge on any atom is 0.417 e. The third-order valence-corrected chi connectivity index (χ3v) is 7.39. The topological polar surface area (TPSA) is 46.5 Å². The minimum Gasteiger partial charge on any atom is -0.481 e. The van der Waals surface area contributed by atoms with Crippen LogP contribution in [0.1, 0.15) is 37.3 Å². The first-order valence-corrected chi connectivity index (χ1v) is 12.8. The van der Waals surface area contributed by atoms with Gasteiger partial charge in [-0.3, -0.25) is 4.79 Å². The lowest BCUT2D eigenvalue weighted by Gasteiger charge is -2.24. The van der Waals surface area contributed by atoms with Gasteiger partial charge >= 0.3 is 18.3 Å². The maximum atomic E-state index is 14.4. The van der Waals surface area contributed by atoms with E-state index >= 15 is 0 Å². The largest absolute Gasteiger partial charge is 0.481 e. The van der Waals surface area contributed by atoms with E-state index in [1.165, 1.54) is 46.9 Å². The normalized spacial score (nSPS) is 19.2. The lowest BCUT2D eigenvalue weighted by molar-refractivity contribution is -0.139. The Balaban J connectivity index is 2.16. The lowest BCUT2D eigenvalue weighted by Crippen LogP contribution is -2.29. The van der Waals surface area contributed by atoms with E-state index in [-0.39, 0.29) is 34.8 Å². The zero-order valence-electron chi connectivity index (χ0n) is 19.8. The number of carboxylic acids is 1. The van der Waals surface area contributed by atoms with Crippen LogP contribution in [0.5, 0.6) is 5.75 Å². The molecule has 0 aliphatic heterocycles. The van der Waals surface area contributed by atoms with Crippen molar-refractivity contribution in [3.63, 3.8) is 0 Å². The van der Waals surface area contributed by atoms with Crippen molar-refractivity contribution in [3.8, 4) is 16.9 Å². The van der Waals surface area contributed by atoms with Crippen LogP contribution in [-0.4, -0.2) is 27.3 Å². The zero-order chi connectivity index (χ0) is 28.6. The number of aliphatic carboxylic acids is 1. The molecule has 0 spiro atoms. The van der Waals surface area contributed by atoms with Crippen LogP contribution < -0.4 is 4.74 Å². The first-order chi connectivity index (χ1) is 17.5. The van der Waals surface area contributed by atoms with Gasteiger partial charge in [-0.25, -0.2) is 4.39 Å². The van der Waals surface area contributed by atoms with Crippen molar-refractivity contribution in [2.45, 2.75) is 48.6 Å². The van der Waals surface area contributed by atoms with Gasteiger partial charge in [-0.2, -0.15) is 26.3 Å². The first-order valence-electron chi connectivity index (χ1n) is 11.2. The molecular weight excluding hydrogens is 656 g/mol. The van der Waals surface area contributed by atoms with E-state index in [2.05, 4.69) is 0 Å². The van der Waals surface area contributed by atoms with Crippen molar-refractivity contribution < 1.29 is 45.4 Å². The summed E-state index contributed by atoms with van der Waals surface area (Å²) in [5.41, 5.74) is -2.00. The molecule has 0 radical (unpaired) electrons. The smallest absolute Gasteiger partial charge is 0.417 e. The summed E-state index contributed by atoms with van der Waals surface area (Å²) in [6, 6.07) is 7.00. The molecule has 1 aliphatic rings. The fraction of sp³-hybridized carbons (Fsp3) is 0.346. The Hall–Kier alpha value is -2.28. The summed E-state index contributed by atoms with van der Waals surface area (Å²) < 4.78 is 99.1. The third-order valence-electron chi connectivity index (χ3n) is 5.70. The second kappa shape index (κ2) is 11.4. The van der Waals surface area contributed by atoms with Crippen LogP contribution in [0.25, 0.3) is 11.1 Å². The highest BCUT2D eigenvalue weighted by Gasteiger charge is 2.43. The Morgan fingerprint density at radius 1 is 1.05 bits per heavy atom. The van der Waals surface area contributed by atoms with Gasteiger partial charge in [0.25, 0.3) is 0 Å². The van der Waals surface area contributed by atoms with E-state index in [1.807, 2.05) is 0 Å². The second-order valence-corrected chi connectivity index (χ2v) is 10.9. The molecule has 2 aromatic carbocycles. The highest BCUT2D eigenvalue weighted by molar-refractivity contribution is 14.1. The highest BCUT2D eigenvalue weighted by atomic mass is 127. The number of hydrogen-bond acceptors (Lipinski definition) is 2. The number of rotatable bonds is 7. The Kier molecular flexibility index (Phi) is 9.12. The van der Waals surface area contributed by atoms with Gasteiger partial charge < -0.3 is 9.84 Å². The van der Waals surface area contributed by atoms with Gasteiger partial charge in [-0.1, -0.05) is 60.2 Å². The summed E-state index contributed by atoms with van der Waals surface area (Å²) >= 11 is 7.06.